The van der Waals surface area contributed by atoms with Crippen molar-refractivity contribution in [1.29, 1.82) is 0 Å². The molecule has 0 bridgehead atoms. The number of hydrogen-bond acceptors (Lipinski definition) is 2. The molecule has 1 saturated carbocycles. The Morgan fingerprint density at radius 2 is 2.05 bits per heavy atom. The van der Waals surface area contributed by atoms with Gasteiger partial charge >= 0.3 is 0 Å². The van der Waals surface area contributed by atoms with Crippen LogP contribution >= 0.6 is 0 Å². The Bertz CT molecular complexity index is 471. The fourth-order valence-corrected chi connectivity index (χ4v) is 2.24. The summed E-state index contributed by atoms with van der Waals surface area (Å²) >= 11 is 0. The summed E-state index contributed by atoms with van der Waals surface area (Å²) in [5.74, 6) is -0.469. The maximum Gasteiger partial charge on any atom is 0.230 e. The summed E-state index contributed by atoms with van der Waals surface area (Å²) < 4.78 is 13.8. The fraction of sp³-hybridized carbons (Fsp3) is 0.533. The number of hydrogen-bond donors (Lipinski definition) is 2. The van der Waals surface area contributed by atoms with Crippen LogP contribution in [0.25, 0.3) is 0 Å². The Labute approximate surface area is 112 Å². The molecule has 1 aromatic rings. The van der Waals surface area contributed by atoms with Crippen LogP contribution in [0.15, 0.2) is 24.3 Å². The van der Waals surface area contributed by atoms with Crippen molar-refractivity contribution >= 4 is 5.91 Å². The van der Waals surface area contributed by atoms with E-state index in [1.165, 1.54) is 6.07 Å². The molecule has 0 heterocycles. The summed E-state index contributed by atoms with van der Waals surface area (Å²) in [5, 5.41) is 12.0. The number of benzene rings is 1. The third kappa shape index (κ3) is 2.63. The van der Waals surface area contributed by atoms with Crippen molar-refractivity contribution in [3.05, 3.63) is 35.6 Å². The van der Waals surface area contributed by atoms with Crippen LogP contribution in [0, 0.1) is 11.7 Å². The Kier molecular flexibility index (Phi) is 3.90. The van der Waals surface area contributed by atoms with E-state index < -0.39 is 5.41 Å². The number of halogens is 1. The standard InChI is InChI=1S/C15H20FNO2/c1-10(9-18)11(2)17-14(19)15(7-8-15)12-5-3-4-6-13(12)16/h3-6,10-11,18H,7-9H2,1-2H3,(H,17,19). The molecule has 2 unspecified atom stereocenters. The zero-order chi connectivity index (χ0) is 14.0. The first-order valence-corrected chi connectivity index (χ1v) is 6.68. The van der Waals surface area contributed by atoms with E-state index in [2.05, 4.69) is 5.32 Å². The van der Waals surface area contributed by atoms with E-state index in [0.29, 0.717) is 18.4 Å². The number of rotatable bonds is 5. The van der Waals surface area contributed by atoms with Crippen LogP contribution in [0.3, 0.4) is 0 Å². The van der Waals surface area contributed by atoms with Gasteiger partial charge in [0.2, 0.25) is 5.91 Å². The van der Waals surface area contributed by atoms with Gasteiger partial charge in [-0.05, 0) is 31.7 Å². The summed E-state index contributed by atoms with van der Waals surface area (Å²) in [5.41, 5.74) is -0.217. The highest BCUT2D eigenvalue weighted by molar-refractivity contribution is 5.91. The van der Waals surface area contributed by atoms with E-state index >= 15 is 0 Å². The molecule has 1 aliphatic carbocycles. The molecule has 0 radical (unpaired) electrons. The molecule has 19 heavy (non-hydrogen) atoms. The second-order valence-corrected chi connectivity index (χ2v) is 5.48. The van der Waals surface area contributed by atoms with E-state index in [1.807, 2.05) is 13.8 Å². The molecule has 1 aliphatic rings. The molecule has 0 spiro atoms. The molecule has 2 atom stereocenters. The predicted octanol–water partition coefficient (Wildman–Crippen LogP) is 1.99. The highest BCUT2D eigenvalue weighted by atomic mass is 19.1. The van der Waals surface area contributed by atoms with Gasteiger partial charge in [0, 0.05) is 18.2 Å². The van der Waals surface area contributed by atoms with E-state index in [4.69, 9.17) is 5.11 Å². The summed E-state index contributed by atoms with van der Waals surface area (Å²) in [4.78, 5) is 12.4. The summed E-state index contributed by atoms with van der Waals surface area (Å²) in [7, 11) is 0. The first kappa shape index (κ1) is 14.0. The van der Waals surface area contributed by atoms with Crippen molar-refractivity contribution in [2.75, 3.05) is 6.61 Å². The molecule has 0 aromatic heterocycles. The molecule has 1 fully saturated rings. The normalized spacial score (nSPS) is 19.6. The van der Waals surface area contributed by atoms with Crippen molar-refractivity contribution in [1.82, 2.24) is 5.32 Å². The third-order valence-electron chi connectivity index (χ3n) is 4.07. The highest BCUT2D eigenvalue weighted by Crippen LogP contribution is 2.49. The number of carbonyl (C=O) groups excluding carboxylic acids is 1. The maximum atomic E-state index is 13.8. The summed E-state index contributed by atoms with van der Waals surface area (Å²) in [6.45, 7) is 3.75. The van der Waals surface area contributed by atoms with Gasteiger partial charge in [-0.25, -0.2) is 4.39 Å². The van der Waals surface area contributed by atoms with Crippen LogP contribution in [0.4, 0.5) is 4.39 Å². The minimum Gasteiger partial charge on any atom is -0.396 e. The van der Waals surface area contributed by atoms with Crippen LogP contribution in [-0.4, -0.2) is 23.7 Å². The van der Waals surface area contributed by atoms with Crippen molar-refractivity contribution in [3.8, 4) is 0 Å². The quantitative estimate of drug-likeness (QED) is 0.855. The maximum absolute atomic E-state index is 13.8. The minimum absolute atomic E-state index is 0.0135. The fourth-order valence-electron chi connectivity index (χ4n) is 2.24. The van der Waals surface area contributed by atoms with Gasteiger partial charge < -0.3 is 10.4 Å². The lowest BCUT2D eigenvalue weighted by molar-refractivity contribution is -0.124. The summed E-state index contributed by atoms with van der Waals surface area (Å²) in [6, 6.07) is 6.33. The number of carbonyl (C=O) groups is 1. The molecule has 1 aromatic carbocycles. The Morgan fingerprint density at radius 3 is 2.58 bits per heavy atom. The van der Waals surface area contributed by atoms with E-state index in [0.717, 1.165) is 0 Å². The number of nitrogens with one attached hydrogen (secondary N) is 1. The topological polar surface area (TPSA) is 49.3 Å². The van der Waals surface area contributed by atoms with Crippen LogP contribution in [-0.2, 0) is 10.2 Å². The lowest BCUT2D eigenvalue weighted by Crippen LogP contribution is -2.44. The third-order valence-corrected chi connectivity index (χ3v) is 4.07. The van der Waals surface area contributed by atoms with Gasteiger partial charge in [-0.2, -0.15) is 0 Å². The molecular weight excluding hydrogens is 245 g/mol. The van der Waals surface area contributed by atoms with Crippen molar-refractivity contribution in [2.45, 2.75) is 38.1 Å². The molecular formula is C15H20FNO2. The second-order valence-electron chi connectivity index (χ2n) is 5.48. The van der Waals surface area contributed by atoms with Gasteiger partial charge in [0.1, 0.15) is 5.82 Å². The number of aliphatic hydroxyl groups excluding tert-OH is 1. The Balaban J connectivity index is 2.13. The van der Waals surface area contributed by atoms with Crippen LogP contribution < -0.4 is 5.32 Å². The smallest absolute Gasteiger partial charge is 0.230 e. The number of aliphatic hydroxyl groups is 1. The minimum atomic E-state index is -0.700. The summed E-state index contributed by atoms with van der Waals surface area (Å²) in [6.07, 6.45) is 1.36. The lowest BCUT2D eigenvalue weighted by atomic mass is 9.93. The van der Waals surface area contributed by atoms with E-state index in [1.54, 1.807) is 18.2 Å². The monoisotopic (exact) mass is 265 g/mol. The SMILES string of the molecule is CC(CO)C(C)NC(=O)C1(c2ccccc2F)CC1. The number of amides is 1. The molecule has 4 heteroatoms. The first-order chi connectivity index (χ1) is 9.01. The molecule has 3 nitrogen and oxygen atoms in total. The first-order valence-electron chi connectivity index (χ1n) is 6.68. The second kappa shape index (κ2) is 5.29. The lowest BCUT2D eigenvalue weighted by Gasteiger charge is -2.23. The van der Waals surface area contributed by atoms with Gasteiger partial charge in [-0.15, -0.1) is 0 Å². The van der Waals surface area contributed by atoms with Crippen molar-refractivity contribution in [2.24, 2.45) is 5.92 Å². The Hall–Kier alpha value is -1.42. The zero-order valence-corrected chi connectivity index (χ0v) is 11.3. The largest absolute Gasteiger partial charge is 0.396 e. The molecule has 1 amide bonds. The van der Waals surface area contributed by atoms with Crippen LogP contribution in [0.1, 0.15) is 32.3 Å². The molecule has 0 saturated heterocycles. The Morgan fingerprint density at radius 1 is 1.42 bits per heavy atom. The van der Waals surface area contributed by atoms with Gasteiger partial charge in [0.25, 0.3) is 0 Å². The van der Waals surface area contributed by atoms with Gasteiger partial charge in [-0.1, -0.05) is 25.1 Å². The molecule has 2 N–H and O–H groups in total. The van der Waals surface area contributed by atoms with Gasteiger partial charge in [-0.3, -0.25) is 4.79 Å². The van der Waals surface area contributed by atoms with E-state index in [-0.39, 0.29) is 30.3 Å². The molecule has 104 valence electrons. The average Bonchev–Trinajstić information content (AvgIpc) is 3.19. The average molecular weight is 265 g/mol. The zero-order valence-electron chi connectivity index (χ0n) is 11.3. The van der Waals surface area contributed by atoms with E-state index in [9.17, 15) is 9.18 Å². The van der Waals surface area contributed by atoms with Gasteiger partial charge in [0.15, 0.2) is 0 Å². The molecule has 0 aliphatic heterocycles. The van der Waals surface area contributed by atoms with Crippen LogP contribution in [0.2, 0.25) is 0 Å². The van der Waals surface area contributed by atoms with Crippen LogP contribution in [0.5, 0.6) is 0 Å². The van der Waals surface area contributed by atoms with Crippen molar-refractivity contribution in [3.63, 3.8) is 0 Å². The predicted molar refractivity (Wildman–Crippen MR) is 71.2 cm³/mol. The highest BCUT2D eigenvalue weighted by Gasteiger charge is 2.52. The molecule has 2 rings (SSSR count). The van der Waals surface area contributed by atoms with Crippen molar-refractivity contribution < 1.29 is 14.3 Å². The van der Waals surface area contributed by atoms with Gasteiger partial charge in [0.05, 0.1) is 5.41 Å².